The van der Waals surface area contributed by atoms with Crippen LogP contribution in [0, 0.1) is 0 Å². The van der Waals surface area contributed by atoms with Gasteiger partial charge in [-0.05, 0) is 76.6 Å². The van der Waals surface area contributed by atoms with E-state index in [1.165, 1.54) is 31.3 Å². The number of nitrogens with one attached hydrogen (secondary N) is 1. The predicted octanol–water partition coefficient (Wildman–Crippen LogP) is 5.18. The third-order valence-electron chi connectivity index (χ3n) is 4.09. The molecule has 0 radical (unpaired) electrons. The van der Waals surface area contributed by atoms with Crippen LogP contribution in [0.15, 0.2) is 82.2 Å². The summed E-state index contributed by atoms with van der Waals surface area (Å²) in [6.07, 6.45) is 0. The lowest BCUT2D eigenvalue weighted by atomic mass is 10.2. The van der Waals surface area contributed by atoms with E-state index >= 15 is 0 Å². The van der Waals surface area contributed by atoms with Crippen molar-refractivity contribution >= 4 is 54.8 Å². The van der Waals surface area contributed by atoms with Gasteiger partial charge >= 0.3 is 0 Å². The third-order valence-corrected chi connectivity index (χ3v) is 6.83. The highest BCUT2D eigenvalue weighted by Gasteiger charge is 2.21. The molecule has 3 rings (SSSR count). The molecule has 0 spiro atoms. The van der Waals surface area contributed by atoms with Crippen LogP contribution in [0.3, 0.4) is 0 Å². The first-order chi connectivity index (χ1) is 13.3. The van der Waals surface area contributed by atoms with Crippen molar-refractivity contribution in [3.63, 3.8) is 0 Å². The summed E-state index contributed by atoms with van der Waals surface area (Å²) >= 11 is 9.20. The van der Waals surface area contributed by atoms with Gasteiger partial charge in [0.2, 0.25) is 0 Å². The molecule has 0 bridgehead atoms. The first-order valence-electron chi connectivity index (χ1n) is 8.19. The molecular formula is C20H16BrClN2O3S. The molecule has 0 saturated carbocycles. The zero-order valence-corrected chi connectivity index (χ0v) is 17.9. The lowest BCUT2D eigenvalue weighted by molar-refractivity contribution is 0.102. The molecule has 0 unspecified atom stereocenters. The van der Waals surface area contributed by atoms with Crippen molar-refractivity contribution in [3.8, 4) is 0 Å². The molecule has 5 nitrogen and oxygen atoms in total. The van der Waals surface area contributed by atoms with E-state index in [-0.39, 0.29) is 10.8 Å². The molecule has 28 heavy (non-hydrogen) atoms. The molecule has 3 aromatic carbocycles. The zero-order valence-electron chi connectivity index (χ0n) is 14.8. The highest BCUT2D eigenvalue weighted by Crippen LogP contribution is 2.25. The minimum Gasteiger partial charge on any atom is -0.321 e. The summed E-state index contributed by atoms with van der Waals surface area (Å²) in [4.78, 5) is 12.6. The Morgan fingerprint density at radius 3 is 2.18 bits per heavy atom. The molecule has 0 aliphatic heterocycles. The summed E-state index contributed by atoms with van der Waals surface area (Å²) in [5, 5.41) is 3.27. The van der Waals surface area contributed by atoms with Crippen molar-refractivity contribution in [2.45, 2.75) is 4.90 Å². The largest absolute Gasteiger partial charge is 0.321 e. The fraction of sp³-hybridized carbons (Fsp3) is 0.0500. The summed E-state index contributed by atoms with van der Waals surface area (Å²) < 4.78 is 27.4. The van der Waals surface area contributed by atoms with E-state index in [0.29, 0.717) is 22.0 Å². The van der Waals surface area contributed by atoms with Crippen LogP contribution in [0.4, 0.5) is 11.4 Å². The second-order valence-corrected chi connectivity index (χ2v) is 9.17. The second-order valence-electron chi connectivity index (χ2n) is 5.91. The second kappa shape index (κ2) is 8.34. The Kier molecular flexibility index (Phi) is 6.07. The van der Waals surface area contributed by atoms with Crippen molar-refractivity contribution in [1.82, 2.24) is 0 Å². The summed E-state index contributed by atoms with van der Waals surface area (Å²) in [7, 11) is -2.27. The van der Waals surface area contributed by atoms with Crippen molar-refractivity contribution in [2.24, 2.45) is 0 Å². The van der Waals surface area contributed by atoms with Gasteiger partial charge in [0.05, 0.1) is 16.3 Å². The summed E-state index contributed by atoms with van der Waals surface area (Å²) in [6, 6.07) is 19.6. The molecule has 1 N–H and O–H groups in total. The normalized spacial score (nSPS) is 11.1. The molecule has 1 amide bonds. The Morgan fingerprint density at radius 2 is 1.57 bits per heavy atom. The molecular weight excluding hydrogens is 464 g/mol. The molecule has 0 atom stereocenters. The Bertz CT molecular complexity index is 1100. The van der Waals surface area contributed by atoms with E-state index in [1.807, 2.05) is 18.2 Å². The van der Waals surface area contributed by atoms with E-state index in [2.05, 4.69) is 21.2 Å². The van der Waals surface area contributed by atoms with Crippen LogP contribution in [0.5, 0.6) is 0 Å². The average Bonchev–Trinajstić information content (AvgIpc) is 2.69. The first-order valence-corrected chi connectivity index (χ1v) is 10.8. The van der Waals surface area contributed by atoms with E-state index in [1.54, 1.807) is 30.3 Å². The Morgan fingerprint density at radius 1 is 0.964 bits per heavy atom. The first kappa shape index (κ1) is 20.4. The number of carbonyl (C=O) groups excluding carboxylic acids is 1. The number of hydrogen-bond donors (Lipinski definition) is 1. The number of para-hydroxylation sites is 1. The van der Waals surface area contributed by atoms with Gasteiger partial charge in [-0.1, -0.05) is 23.7 Å². The number of sulfonamides is 1. The molecule has 0 aliphatic carbocycles. The van der Waals surface area contributed by atoms with Crippen LogP contribution in [-0.2, 0) is 10.0 Å². The molecule has 0 saturated heterocycles. The minimum atomic E-state index is -3.73. The summed E-state index contributed by atoms with van der Waals surface area (Å²) in [5.74, 6) is -0.290. The zero-order chi connectivity index (χ0) is 20.3. The van der Waals surface area contributed by atoms with Gasteiger partial charge in [0.25, 0.3) is 15.9 Å². The number of hydrogen-bond acceptors (Lipinski definition) is 3. The molecule has 0 fully saturated rings. The van der Waals surface area contributed by atoms with Gasteiger partial charge in [-0.15, -0.1) is 0 Å². The molecule has 0 aliphatic rings. The molecule has 8 heteroatoms. The number of amides is 1. The van der Waals surface area contributed by atoms with Gasteiger partial charge in [-0.2, -0.15) is 0 Å². The quantitative estimate of drug-likeness (QED) is 0.548. The number of nitrogens with zero attached hydrogens (tertiary/aromatic N) is 1. The standard InChI is InChI=1S/C20H16BrClN2O3S/c1-24(28(26,27)17-12-8-15(22)9-13-17)16-10-6-14(7-11-16)20(25)23-19-5-3-2-4-18(19)21/h2-13H,1H3,(H,23,25). The van der Waals surface area contributed by atoms with Crippen molar-refractivity contribution in [3.05, 3.63) is 87.9 Å². The molecule has 3 aromatic rings. The van der Waals surface area contributed by atoms with E-state index in [9.17, 15) is 13.2 Å². The third kappa shape index (κ3) is 4.38. The van der Waals surface area contributed by atoms with Gasteiger partial charge in [0.1, 0.15) is 0 Å². The maximum atomic E-state index is 12.7. The topological polar surface area (TPSA) is 66.5 Å². The van der Waals surface area contributed by atoms with Gasteiger partial charge in [-0.25, -0.2) is 8.42 Å². The molecule has 0 aromatic heterocycles. The monoisotopic (exact) mass is 478 g/mol. The highest BCUT2D eigenvalue weighted by molar-refractivity contribution is 9.10. The van der Waals surface area contributed by atoms with Gasteiger partial charge in [0, 0.05) is 22.1 Å². The predicted molar refractivity (Wildman–Crippen MR) is 116 cm³/mol. The average molecular weight is 480 g/mol. The fourth-order valence-electron chi connectivity index (χ4n) is 2.48. The number of benzene rings is 3. The minimum absolute atomic E-state index is 0.134. The lowest BCUT2D eigenvalue weighted by Gasteiger charge is -2.20. The van der Waals surface area contributed by atoms with Crippen LogP contribution in [0.2, 0.25) is 5.02 Å². The van der Waals surface area contributed by atoms with E-state index in [0.717, 1.165) is 8.78 Å². The number of halogens is 2. The van der Waals surface area contributed by atoms with Crippen molar-refractivity contribution in [1.29, 1.82) is 0 Å². The van der Waals surface area contributed by atoms with E-state index in [4.69, 9.17) is 11.6 Å². The molecule has 144 valence electrons. The van der Waals surface area contributed by atoms with Gasteiger partial charge in [-0.3, -0.25) is 9.10 Å². The Hall–Kier alpha value is -2.35. The van der Waals surface area contributed by atoms with Crippen LogP contribution < -0.4 is 9.62 Å². The van der Waals surface area contributed by atoms with Crippen molar-refractivity contribution in [2.75, 3.05) is 16.7 Å². The van der Waals surface area contributed by atoms with Crippen LogP contribution in [-0.4, -0.2) is 21.4 Å². The Balaban J connectivity index is 1.79. The SMILES string of the molecule is CN(c1ccc(C(=O)Nc2ccccc2Br)cc1)S(=O)(=O)c1ccc(Cl)cc1. The summed E-state index contributed by atoms with van der Waals surface area (Å²) in [5.41, 5.74) is 1.50. The number of rotatable bonds is 5. The maximum absolute atomic E-state index is 12.7. The maximum Gasteiger partial charge on any atom is 0.264 e. The van der Waals surface area contributed by atoms with Crippen LogP contribution in [0.25, 0.3) is 0 Å². The number of carbonyl (C=O) groups is 1. The van der Waals surface area contributed by atoms with Gasteiger partial charge < -0.3 is 5.32 Å². The Labute approximate surface area is 177 Å². The molecule has 0 heterocycles. The fourth-order valence-corrected chi connectivity index (χ4v) is 4.19. The highest BCUT2D eigenvalue weighted by atomic mass is 79.9. The van der Waals surface area contributed by atoms with Gasteiger partial charge in [0.15, 0.2) is 0 Å². The van der Waals surface area contributed by atoms with Crippen LogP contribution >= 0.6 is 27.5 Å². The smallest absolute Gasteiger partial charge is 0.264 e. The summed E-state index contributed by atoms with van der Waals surface area (Å²) in [6.45, 7) is 0. The lowest BCUT2D eigenvalue weighted by Crippen LogP contribution is -2.26. The van der Waals surface area contributed by atoms with Crippen LogP contribution in [0.1, 0.15) is 10.4 Å². The number of anilines is 2. The van der Waals surface area contributed by atoms with E-state index < -0.39 is 10.0 Å². The van der Waals surface area contributed by atoms with Crippen molar-refractivity contribution < 1.29 is 13.2 Å².